The topological polar surface area (TPSA) is 38.9 Å². The number of allylic oxidation sites excluding steroid dienone is 2. The molecule has 0 N–H and O–H groups in total. The highest BCUT2D eigenvalue weighted by molar-refractivity contribution is 6.10. The highest BCUT2D eigenvalue weighted by Gasteiger charge is 2.23. The number of benzene rings is 7. The second-order valence-corrected chi connectivity index (χ2v) is 16.6. The molecule has 63 heavy (non-hydrogen) atoms. The van der Waals surface area contributed by atoms with E-state index in [1.54, 1.807) is 0 Å². The number of furan rings is 1. The van der Waals surface area contributed by atoms with E-state index < -0.39 is 0 Å². The second-order valence-electron chi connectivity index (χ2n) is 16.6. The van der Waals surface area contributed by atoms with Crippen LogP contribution in [0.25, 0.3) is 94.8 Å². The summed E-state index contributed by atoms with van der Waals surface area (Å²) in [6.45, 7) is 6.88. The Labute approximate surface area is 370 Å². The molecular weight excluding hydrogens is 765 g/mol. The third kappa shape index (κ3) is 8.02. The lowest BCUT2D eigenvalue weighted by molar-refractivity contribution is 0.504. The standard InChI is InChI=1S/C60H48N2O/c1-4-40(2)54(34-41(3)48-36-55(42-20-9-5-10-21-42)61-56(37-48)43-22-11-6-12-23-43)53-33-19-32-52-51-31-18-30-50(59(51)63-60(52)53)47-29-17-28-46(35-47)49-38-57(44-24-13-7-14-25-44)62-58(39-49)45-26-15-8-16-27-45/h5-40,54H,4H2,1-3H3. The summed E-state index contributed by atoms with van der Waals surface area (Å²) >= 11 is 0. The summed E-state index contributed by atoms with van der Waals surface area (Å²) in [6, 6.07) is 72.8. The Morgan fingerprint density at radius 2 is 0.905 bits per heavy atom. The molecule has 0 amide bonds. The normalized spacial score (nSPS) is 12.7. The number of hydrogen-bond donors (Lipinski definition) is 0. The Kier molecular flexibility index (Phi) is 10.9. The van der Waals surface area contributed by atoms with Crippen LogP contribution in [0.5, 0.6) is 0 Å². The van der Waals surface area contributed by atoms with Crippen LogP contribution < -0.4 is 0 Å². The van der Waals surface area contributed by atoms with Gasteiger partial charge in [-0.15, -0.1) is 0 Å². The van der Waals surface area contributed by atoms with Gasteiger partial charge < -0.3 is 4.42 Å². The SMILES string of the molecule is CCC(C)C(C=C(C)c1cc(-c2ccccc2)nc(-c2ccccc2)c1)c1cccc2c1oc1c(-c3cccc(-c4cc(-c5ccccc5)nc(-c5ccccc5)c4)c3)cccc12. The minimum atomic E-state index is 0.115. The van der Waals surface area contributed by atoms with Crippen molar-refractivity contribution in [2.24, 2.45) is 5.92 Å². The van der Waals surface area contributed by atoms with E-state index in [0.717, 1.165) is 101 Å². The zero-order valence-corrected chi connectivity index (χ0v) is 35.9. The van der Waals surface area contributed by atoms with Gasteiger partial charge in [0.2, 0.25) is 0 Å². The number of nitrogens with zero attached hydrogens (tertiary/aromatic N) is 2. The van der Waals surface area contributed by atoms with Crippen molar-refractivity contribution in [3.05, 3.63) is 223 Å². The molecular formula is C60H48N2O. The maximum atomic E-state index is 7.14. The van der Waals surface area contributed by atoms with Crippen LogP contribution in [0.3, 0.4) is 0 Å². The summed E-state index contributed by atoms with van der Waals surface area (Å²) in [6.07, 6.45) is 3.48. The van der Waals surface area contributed by atoms with Crippen LogP contribution in [0, 0.1) is 5.92 Å². The molecule has 3 heteroatoms. The fourth-order valence-corrected chi connectivity index (χ4v) is 8.86. The Bertz CT molecular complexity index is 3110. The van der Waals surface area contributed by atoms with Crippen LogP contribution in [0.2, 0.25) is 0 Å². The summed E-state index contributed by atoms with van der Waals surface area (Å²) in [5.74, 6) is 0.477. The molecule has 2 atom stereocenters. The lowest BCUT2D eigenvalue weighted by Crippen LogP contribution is -2.08. The number of fused-ring (bicyclic) bond motifs is 3. The quantitative estimate of drug-likeness (QED) is 0.131. The van der Waals surface area contributed by atoms with Gasteiger partial charge in [0.15, 0.2) is 0 Å². The maximum Gasteiger partial charge on any atom is 0.143 e. The number of rotatable bonds is 11. The first-order valence-corrected chi connectivity index (χ1v) is 22.0. The van der Waals surface area contributed by atoms with Gasteiger partial charge in [-0.25, -0.2) is 9.97 Å². The minimum absolute atomic E-state index is 0.115. The molecule has 2 unspecified atom stereocenters. The number of pyridine rings is 2. The van der Waals surface area contributed by atoms with Crippen molar-refractivity contribution in [1.82, 2.24) is 9.97 Å². The van der Waals surface area contributed by atoms with Crippen LogP contribution in [-0.4, -0.2) is 9.97 Å². The fourth-order valence-electron chi connectivity index (χ4n) is 8.86. The molecule has 0 aliphatic rings. The van der Waals surface area contributed by atoms with Gasteiger partial charge in [0, 0.05) is 50.1 Å². The second kappa shape index (κ2) is 17.4. The molecule has 7 aromatic carbocycles. The predicted molar refractivity (Wildman–Crippen MR) is 264 cm³/mol. The van der Waals surface area contributed by atoms with Gasteiger partial charge in [0.1, 0.15) is 11.2 Å². The summed E-state index contributed by atoms with van der Waals surface area (Å²) < 4.78 is 7.14. The van der Waals surface area contributed by atoms with Crippen molar-refractivity contribution >= 4 is 27.5 Å². The van der Waals surface area contributed by atoms with Crippen LogP contribution >= 0.6 is 0 Å². The van der Waals surface area contributed by atoms with Gasteiger partial charge in [-0.3, -0.25) is 0 Å². The lowest BCUT2D eigenvalue weighted by atomic mass is 9.82. The highest BCUT2D eigenvalue weighted by atomic mass is 16.3. The van der Waals surface area contributed by atoms with E-state index in [9.17, 15) is 0 Å². The van der Waals surface area contributed by atoms with E-state index in [1.165, 1.54) is 11.1 Å². The number of hydrogen-bond acceptors (Lipinski definition) is 3. The lowest BCUT2D eigenvalue weighted by Gasteiger charge is -2.22. The summed E-state index contributed by atoms with van der Waals surface area (Å²) in [7, 11) is 0. The minimum Gasteiger partial charge on any atom is -0.455 e. The Morgan fingerprint density at radius 3 is 1.43 bits per heavy atom. The van der Waals surface area contributed by atoms with Crippen LogP contribution in [0.15, 0.2) is 217 Å². The molecule has 304 valence electrons. The first-order valence-electron chi connectivity index (χ1n) is 22.0. The molecule has 3 heterocycles. The molecule has 0 aliphatic carbocycles. The Morgan fingerprint density at radius 1 is 0.460 bits per heavy atom. The first kappa shape index (κ1) is 39.5. The molecule has 0 bridgehead atoms. The van der Waals surface area contributed by atoms with Crippen molar-refractivity contribution < 1.29 is 4.42 Å². The van der Waals surface area contributed by atoms with E-state index >= 15 is 0 Å². The number of para-hydroxylation sites is 2. The highest BCUT2D eigenvalue weighted by Crippen LogP contribution is 2.43. The van der Waals surface area contributed by atoms with Gasteiger partial charge in [0.05, 0.1) is 22.8 Å². The van der Waals surface area contributed by atoms with Crippen LogP contribution in [0.1, 0.15) is 44.2 Å². The van der Waals surface area contributed by atoms with Gasteiger partial charge in [-0.1, -0.05) is 202 Å². The third-order valence-electron chi connectivity index (χ3n) is 12.5. The largest absolute Gasteiger partial charge is 0.455 e. The third-order valence-corrected chi connectivity index (χ3v) is 12.5. The van der Waals surface area contributed by atoms with Gasteiger partial charge in [-0.2, -0.15) is 0 Å². The molecule has 0 saturated heterocycles. The summed E-state index contributed by atoms with van der Waals surface area (Å²) in [5.41, 5.74) is 18.1. The number of aromatic nitrogens is 2. The van der Waals surface area contributed by atoms with Crippen molar-refractivity contribution in [1.29, 1.82) is 0 Å². The molecule has 0 radical (unpaired) electrons. The smallest absolute Gasteiger partial charge is 0.143 e. The zero-order valence-electron chi connectivity index (χ0n) is 35.9. The summed E-state index contributed by atoms with van der Waals surface area (Å²) in [5, 5.41) is 2.25. The van der Waals surface area contributed by atoms with E-state index in [0.29, 0.717) is 5.92 Å². The molecule has 0 saturated carbocycles. The van der Waals surface area contributed by atoms with Gasteiger partial charge >= 0.3 is 0 Å². The fraction of sp³-hybridized carbons (Fsp3) is 0.100. The molecule has 3 aromatic heterocycles. The molecule has 10 rings (SSSR count). The zero-order chi connectivity index (χ0) is 42.7. The van der Waals surface area contributed by atoms with Crippen molar-refractivity contribution in [2.45, 2.75) is 33.1 Å². The Balaban J connectivity index is 1.07. The predicted octanol–water partition coefficient (Wildman–Crippen LogP) is 16.6. The van der Waals surface area contributed by atoms with Crippen molar-refractivity contribution in [2.75, 3.05) is 0 Å². The van der Waals surface area contributed by atoms with Crippen LogP contribution in [0.4, 0.5) is 0 Å². The average molecular weight is 813 g/mol. The first-order chi connectivity index (χ1) is 31.0. The van der Waals surface area contributed by atoms with E-state index in [-0.39, 0.29) is 5.92 Å². The van der Waals surface area contributed by atoms with Crippen molar-refractivity contribution in [3.8, 4) is 67.3 Å². The average Bonchev–Trinajstić information content (AvgIpc) is 3.76. The van der Waals surface area contributed by atoms with E-state index in [2.05, 4.69) is 221 Å². The molecule has 0 aliphatic heterocycles. The monoisotopic (exact) mass is 812 g/mol. The molecule has 0 spiro atoms. The summed E-state index contributed by atoms with van der Waals surface area (Å²) in [4.78, 5) is 10.3. The van der Waals surface area contributed by atoms with Gasteiger partial charge in [-0.05, 0) is 71.0 Å². The van der Waals surface area contributed by atoms with Crippen LogP contribution in [-0.2, 0) is 0 Å². The van der Waals surface area contributed by atoms with Crippen molar-refractivity contribution in [3.63, 3.8) is 0 Å². The van der Waals surface area contributed by atoms with E-state index in [4.69, 9.17) is 14.4 Å². The maximum absolute atomic E-state index is 7.14. The molecule has 3 nitrogen and oxygen atoms in total. The Hall–Kier alpha value is -7.62. The molecule has 0 fully saturated rings. The molecule has 10 aromatic rings. The van der Waals surface area contributed by atoms with E-state index in [1.807, 2.05) is 12.1 Å². The van der Waals surface area contributed by atoms with Gasteiger partial charge in [0.25, 0.3) is 0 Å².